The molecule has 9 heteroatoms. The summed E-state index contributed by atoms with van der Waals surface area (Å²) in [7, 11) is 1.53. The van der Waals surface area contributed by atoms with Crippen LogP contribution in [0.25, 0.3) is 6.08 Å². The van der Waals surface area contributed by atoms with Crippen molar-refractivity contribution in [1.29, 1.82) is 0 Å². The summed E-state index contributed by atoms with van der Waals surface area (Å²) in [6.45, 7) is 5.85. The van der Waals surface area contributed by atoms with E-state index < -0.39 is 0 Å². The van der Waals surface area contributed by atoms with Gasteiger partial charge in [0.2, 0.25) is 0 Å². The van der Waals surface area contributed by atoms with Crippen LogP contribution in [0, 0.1) is 10.5 Å². The lowest BCUT2D eigenvalue weighted by Crippen LogP contribution is -2.27. The Labute approximate surface area is 210 Å². The second kappa shape index (κ2) is 11.0. The van der Waals surface area contributed by atoms with Gasteiger partial charge in [0.15, 0.2) is 18.1 Å². The molecule has 1 fully saturated rings. The van der Waals surface area contributed by atoms with Gasteiger partial charge in [0.25, 0.3) is 11.8 Å². The van der Waals surface area contributed by atoms with Gasteiger partial charge in [-0.05, 0) is 65.4 Å². The number of nitrogens with one attached hydrogen (secondary N) is 1. The first-order valence-electron chi connectivity index (χ1n) is 9.55. The minimum Gasteiger partial charge on any atom is -0.493 e. The van der Waals surface area contributed by atoms with Crippen molar-refractivity contribution in [3.8, 4) is 11.5 Å². The molecule has 0 aromatic heterocycles. The number of amides is 2. The first-order chi connectivity index (χ1) is 15.3. The number of rotatable bonds is 8. The monoisotopic (exact) mass is 580 g/mol. The Bertz CT molecular complexity index is 1100. The van der Waals surface area contributed by atoms with Gasteiger partial charge >= 0.3 is 0 Å². The summed E-state index contributed by atoms with van der Waals surface area (Å²) >= 11 is 8.64. The Hall–Kier alpha value is -2.37. The van der Waals surface area contributed by atoms with Crippen molar-refractivity contribution in [2.24, 2.45) is 0 Å². The van der Waals surface area contributed by atoms with E-state index in [1.807, 2.05) is 37.3 Å². The molecule has 0 aliphatic carbocycles. The molecule has 1 aliphatic rings. The number of ether oxygens (including phenoxy) is 2. The maximum atomic E-state index is 12.6. The molecule has 32 heavy (non-hydrogen) atoms. The van der Waals surface area contributed by atoms with E-state index in [0.29, 0.717) is 33.0 Å². The number of halogens is 1. The molecule has 0 bridgehead atoms. The zero-order valence-corrected chi connectivity index (χ0v) is 21.3. The van der Waals surface area contributed by atoms with Crippen LogP contribution in [0.1, 0.15) is 11.1 Å². The number of hydrogen-bond acceptors (Lipinski definition) is 6. The number of anilines is 1. The highest BCUT2D eigenvalue weighted by Gasteiger charge is 2.31. The van der Waals surface area contributed by atoms with Crippen LogP contribution in [-0.2, 0) is 9.59 Å². The van der Waals surface area contributed by atoms with Gasteiger partial charge < -0.3 is 14.8 Å². The summed E-state index contributed by atoms with van der Waals surface area (Å²) in [4.78, 5) is 26.9. The third kappa shape index (κ3) is 5.90. The molecule has 0 spiro atoms. The summed E-state index contributed by atoms with van der Waals surface area (Å²) in [5.41, 5.74) is 2.58. The molecule has 1 aliphatic heterocycles. The van der Waals surface area contributed by atoms with Crippen LogP contribution in [0.15, 0.2) is 54.0 Å². The van der Waals surface area contributed by atoms with E-state index in [4.69, 9.17) is 21.7 Å². The van der Waals surface area contributed by atoms with Gasteiger partial charge in [0, 0.05) is 12.2 Å². The molecule has 1 heterocycles. The van der Waals surface area contributed by atoms with Crippen molar-refractivity contribution in [2.45, 2.75) is 6.92 Å². The molecule has 1 saturated heterocycles. The third-order valence-electron chi connectivity index (χ3n) is 4.42. The fourth-order valence-electron chi connectivity index (χ4n) is 2.87. The van der Waals surface area contributed by atoms with E-state index >= 15 is 0 Å². The average Bonchev–Trinajstić information content (AvgIpc) is 3.02. The Kier molecular flexibility index (Phi) is 8.32. The van der Waals surface area contributed by atoms with Gasteiger partial charge in [-0.1, -0.05) is 47.8 Å². The van der Waals surface area contributed by atoms with E-state index in [9.17, 15) is 9.59 Å². The van der Waals surface area contributed by atoms with Crippen LogP contribution in [0.3, 0.4) is 0 Å². The van der Waals surface area contributed by atoms with Crippen LogP contribution < -0.4 is 14.8 Å². The molecule has 166 valence electrons. The van der Waals surface area contributed by atoms with E-state index in [0.717, 1.165) is 14.7 Å². The van der Waals surface area contributed by atoms with Crippen LogP contribution in [0.4, 0.5) is 5.69 Å². The number of nitrogens with zero attached hydrogens (tertiary/aromatic N) is 1. The standard InChI is InChI=1S/C23H21IN2O4S2/c1-4-9-26-22(28)19(32-23(26)31)12-15-10-17(24)21(18(11-15)29-3)30-13-20(27)25-16-7-5-14(2)6-8-16/h4-8,10-12H,1,9,13H2,2-3H3,(H,25,27)/b19-12-. The van der Waals surface area contributed by atoms with Crippen LogP contribution >= 0.6 is 46.6 Å². The number of hydrogen-bond donors (Lipinski definition) is 1. The number of thiocarbonyl (C=S) groups is 1. The molecule has 0 saturated carbocycles. The summed E-state index contributed by atoms with van der Waals surface area (Å²) < 4.78 is 12.5. The first kappa shape index (κ1) is 24.3. The average molecular weight is 580 g/mol. The summed E-state index contributed by atoms with van der Waals surface area (Å²) in [5.74, 6) is 0.500. The predicted molar refractivity (Wildman–Crippen MR) is 141 cm³/mol. The SMILES string of the molecule is C=CCN1C(=O)/C(=C/c2cc(I)c(OCC(=O)Nc3ccc(C)cc3)c(OC)c2)SC1=S. The molecule has 2 aromatic carbocycles. The normalized spacial score (nSPS) is 14.6. The highest BCUT2D eigenvalue weighted by atomic mass is 127. The molecule has 2 amide bonds. The van der Waals surface area contributed by atoms with Crippen LogP contribution in [-0.4, -0.2) is 41.3 Å². The Morgan fingerprint density at radius 1 is 1.31 bits per heavy atom. The number of thioether (sulfide) groups is 1. The van der Waals surface area contributed by atoms with E-state index in [1.54, 1.807) is 18.2 Å². The molecule has 3 rings (SSSR count). The number of aryl methyl sites for hydroxylation is 1. The molecular formula is C23H21IN2O4S2. The number of carbonyl (C=O) groups excluding carboxylic acids is 2. The molecule has 0 atom stereocenters. The minimum absolute atomic E-state index is 0.151. The summed E-state index contributed by atoms with van der Waals surface area (Å²) in [6.07, 6.45) is 3.40. The lowest BCUT2D eigenvalue weighted by Gasteiger charge is -2.14. The number of benzene rings is 2. The fraction of sp³-hybridized carbons (Fsp3) is 0.174. The third-order valence-corrected chi connectivity index (χ3v) is 6.60. The Balaban J connectivity index is 1.73. The van der Waals surface area contributed by atoms with Gasteiger partial charge in [0.1, 0.15) is 4.32 Å². The van der Waals surface area contributed by atoms with Gasteiger partial charge in [-0.3, -0.25) is 14.5 Å². The zero-order chi connectivity index (χ0) is 23.3. The second-order valence-corrected chi connectivity index (χ2v) is 9.66. The maximum absolute atomic E-state index is 12.6. The lowest BCUT2D eigenvalue weighted by molar-refractivity contribution is -0.121. The van der Waals surface area contributed by atoms with Gasteiger partial charge in [-0.15, -0.1) is 6.58 Å². The summed E-state index contributed by atoms with van der Waals surface area (Å²) in [5, 5.41) is 2.80. The van der Waals surface area contributed by atoms with Crippen LogP contribution in [0.5, 0.6) is 11.5 Å². The van der Waals surface area contributed by atoms with Crippen LogP contribution in [0.2, 0.25) is 0 Å². The highest BCUT2D eigenvalue weighted by molar-refractivity contribution is 14.1. The van der Waals surface area contributed by atoms with Crippen molar-refractivity contribution in [3.63, 3.8) is 0 Å². The Morgan fingerprint density at radius 2 is 2.03 bits per heavy atom. The quantitative estimate of drug-likeness (QED) is 0.205. The fourth-order valence-corrected chi connectivity index (χ4v) is 4.93. The van der Waals surface area contributed by atoms with Gasteiger partial charge in [0.05, 0.1) is 15.6 Å². The van der Waals surface area contributed by atoms with Crippen molar-refractivity contribution >= 4 is 74.5 Å². The second-order valence-electron chi connectivity index (χ2n) is 6.82. The lowest BCUT2D eigenvalue weighted by atomic mass is 10.2. The topological polar surface area (TPSA) is 67.9 Å². The number of methoxy groups -OCH3 is 1. The number of carbonyl (C=O) groups is 2. The molecule has 0 radical (unpaired) electrons. The maximum Gasteiger partial charge on any atom is 0.266 e. The van der Waals surface area contributed by atoms with Crippen molar-refractivity contribution in [3.05, 3.63) is 68.7 Å². The molecule has 2 aromatic rings. The molecule has 1 N–H and O–H groups in total. The first-order valence-corrected chi connectivity index (χ1v) is 11.9. The van der Waals surface area contributed by atoms with Crippen molar-refractivity contribution < 1.29 is 19.1 Å². The smallest absolute Gasteiger partial charge is 0.266 e. The van der Waals surface area contributed by atoms with E-state index in [-0.39, 0.29) is 18.4 Å². The highest BCUT2D eigenvalue weighted by Crippen LogP contribution is 2.37. The van der Waals surface area contributed by atoms with Gasteiger partial charge in [-0.25, -0.2) is 0 Å². The molecule has 0 unspecified atom stereocenters. The Morgan fingerprint density at radius 3 is 2.69 bits per heavy atom. The van der Waals surface area contributed by atoms with Crippen molar-refractivity contribution in [1.82, 2.24) is 4.90 Å². The van der Waals surface area contributed by atoms with E-state index in [1.165, 1.54) is 23.8 Å². The predicted octanol–water partition coefficient (Wildman–Crippen LogP) is 5.01. The summed E-state index contributed by atoms with van der Waals surface area (Å²) in [6, 6.07) is 11.1. The zero-order valence-electron chi connectivity index (χ0n) is 17.5. The minimum atomic E-state index is -0.276. The molecular weight excluding hydrogens is 559 g/mol. The molecule has 6 nitrogen and oxygen atoms in total. The van der Waals surface area contributed by atoms with Crippen molar-refractivity contribution in [2.75, 3.05) is 25.6 Å². The largest absolute Gasteiger partial charge is 0.493 e. The van der Waals surface area contributed by atoms with E-state index in [2.05, 4.69) is 34.5 Å². The van der Waals surface area contributed by atoms with Gasteiger partial charge in [-0.2, -0.15) is 0 Å².